The number of hydrogen-bond donors (Lipinski definition) is 0. The maximum atomic E-state index is 12.8. The minimum atomic E-state index is -0.779. The number of hydrogen-bond acceptors (Lipinski definition) is 6. The van der Waals surface area contributed by atoms with E-state index in [9.17, 15) is 14.4 Å². The van der Waals surface area contributed by atoms with Crippen LogP contribution in [0.25, 0.3) is 0 Å². The van der Waals surface area contributed by atoms with Crippen LogP contribution in [0.5, 0.6) is 0 Å². The largest absolute Gasteiger partial charge is 0.462 e. The fraction of sp³-hybridized carbons (Fsp3) is 0.842. The highest BCUT2D eigenvalue weighted by Crippen LogP contribution is 2.15. The molecule has 0 aliphatic rings. The SMILES string of the molecule is CCCCCC/C=C\CCCCCCCC(=O)OCC(COC(=O)CCCCCCCCC/C=C\CCCCCCCCC)OC(=O)CCCCCCC/C=C\CCCCCCC. The normalized spacial score (nSPS) is 12.2. The summed E-state index contributed by atoms with van der Waals surface area (Å²) in [5.74, 6) is -0.889. The summed E-state index contributed by atoms with van der Waals surface area (Å²) < 4.78 is 16.8. The van der Waals surface area contributed by atoms with E-state index in [0.717, 1.165) is 77.0 Å². The van der Waals surface area contributed by atoms with E-state index in [1.165, 1.54) is 173 Å². The number of rotatable bonds is 50. The minimum Gasteiger partial charge on any atom is -0.462 e. The van der Waals surface area contributed by atoms with Crippen LogP contribution in [-0.2, 0) is 28.6 Å². The highest BCUT2D eigenvalue weighted by molar-refractivity contribution is 5.71. The first-order chi connectivity index (χ1) is 31.0. The van der Waals surface area contributed by atoms with E-state index in [0.29, 0.717) is 19.3 Å². The van der Waals surface area contributed by atoms with E-state index in [-0.39, 0.29) is 31.1 Å². The lowest BCUT2D eigenvalue weighted by Crippen LogP contribution is -2.30. The van der Waals surface area contributed by atoms with Gasteiger partial charge in [-0.3, -0.25) is 14.4 Å². The molecule has 0 radical (unpaired) electrons. The van der Waals surface area contributed by atoms with Gasteiger partial charge in [0.05, 0.1) is 0 Å². The Morgan fingerprint density at radius 3 is 0.810 bits per heavy atom. The summed E-state index contributed by atoms with van der Waals surface area (Å²) in [7, 11) is 0. The molecule has 0 saturated heterocycles. The number of carbonyl (C=O) groups is 3. The molecule has 0 aromatic rings. The molecule has 63 heavy (non-hydrogen) atoms. The van der Waals surface area contributed by atoms with Gasteiger partial charge in [0, 0.05) is 19.3 Å². The van der Waals surface area contributed by atoms with Crippen LogP contribution in [0, 0.1) is 0 Å². The number of ether oxygens (including phenoxy) is 3. The van der Waals surface area contributed by atoms with Crippen molar-refractivity contribution >= 4 is 17.9 Å². The van der Waals surface area contributed by atoms with E-state index in [2.05, 4.69) is 57.2 Å². The van der Waals surface area contributed by atoms with Crippen LogP contribution < -0.4 is 0 Å². The van der Waals surface area contributed by atoms with Crippen LogP contribution in [-0.4, -0.2) is 37.2 Å². The van der Waals surface area contributed by atoms with E-state index in [4.69, 9.17) is 14.2 Å². The number of carbonyl (C=O) groups excluding carboxylic acids is 3. The predicted octanol–water partition coefficient (Wildman–Crippen LogP) is 18.1. The zero-order chi connectivity index (χ0) is 45.8. The second-order valence-electron chi connectivity index (χ2n) is 18.5. The van der Waals surface area contributed by atoms with Crippen molar-refractivity contribution in [3.05, 3.63) is 36.5 Å². The lowest BCUT2D eigenvalue weighted by atomic mass is 10.1. The van der Waals surface area contributed by atoms with Gasteiger partial charge < -0.3 is 14.2 Å². The molecule has 0 heterocycles. The number of allylic oxidation sites excluding steroid dienone is 6. The first-order valence-electron chi connectivity index (χ1n) is 27.5. The van der Waals surface area contributed by atoms with Gasteiger partial charge in [0.15, 0.2) is 6.10 Å². The second kappa shape index (κ2) is 52.3. The minimum absolute atomic E-state index is 0.0786. The Morgan fingerprint density at radius 1 is 0.302 bits per heavy atom. The van der Waals surface area contributed by atoms with Crippen molar-refractivity contribution < 1.29 is 28.6 Å². The van der Waals surface area contributed by atoms with Crippen molar-refractivity contribution in [1.82, 2.24) is 0 Å². The zero-order valence-electron chi connectivity index (χ0n) is 42.1. The molecule has 0 spiro atoms. The molecule has 0 aromatic heterocycles. The molecule has 6 nitrogen and oxygen atoms in total. The van der Waals surface area contributed by atoms with Crippen LogP contribution in [0.1, 0.15) is 290 Å². The summed E-state index contributed by atoms with van der Waals surface area (Å²) in [6, 6.07) is 0. The van der Waals surface area contributed by atoms with Gasteiger partial charge in [-0.2, -0.15) is 0 Å². The van der Waals surface area contributed by atoms with Crippen molar-refractivity contribution in [2.75, 3.05) is 13.2 Å². The van der Waals surface area contributed by atoms with Gasteiger partial charge in [-0.25, -0.2) is 0 Å². The highest BCUT2D eigenvalue weighted by atomic mass is 16.6. The van der Waals surface area contributed by atoms with Gasteiger partial charge in [-0.05, 0) is 96.3 Å². The Balaban J connectivity index is 4.36. The second-order valence-corrected chi connectivity index (χ2v) is 18.5. The van der Waals surface area contributed by atoms with Crippen LogP contribution in [0.3, 0.4) is 0 Å². The molecule has 0 aromatic carbocycles. The highest BCUT2D eigenvalue weighted by Gasteiger charge is 2.19. The third-order valence-electron chi connectivity index (χ3n) is 12.1. The van der Waals surface area contributed by atoms with Gasteiger partial charge in [-0.1, -0.05) is 211 Å². The molecule has 368 valence electrons. The van der Waals surface area contributed by atoms with Gasteiger partial charge in [0.2, 0.25) is 0 Å². The van der Waals surface area contributed by atoms with Crippen molar-refractivity contribution in [3.63, 3.8) is 0 Å². The Morgan fingerprint density at radius 2 is 0.524 bits per heavy atom. The Hall–Kier alpha value is -2.37. The maximum Gasteiger partial charge on any atom is 0.306 e. The maximum absolute atomic E-state index is 12.8. The molecule has 0 amide bonds. The fourth-order valence-electron chi connectivity index (χ4n) is 7.90. The number of esters is 3. The smallest absolute Gasteiger partial charge is 0.306 e. The molecule has 0 saturated carbocycles. The van der Waals surface area contributed by atoms with Crippen molar-refractivity contribution in [2.24, 2.45) is 0 Å². The summed E-state index contributed by atoms with van der Waals surface area (Å²) in [5, 5.41) is 0. The third-order valence-corrected chi connectivity index (χ3v) is 12.1. The summed E-state index contributed by atoms with van der Waals surface area (Å²) in [6.07, 6.45) is 61.3. The average Bonchev–Trinajstić information content (AvgIpc) is 3.28. The molecule has 0 rings (SSSR count). The summed E-state index contributed by atoms with van der Waals surface area (Å²) in [4.78, 5) is 38.0. The molecular weight excluding hydrogens is 781 g/mol. The Bertz CT molecular complexity index is 1060. The van der Waals surface area contributed by atoms with Crippen molar-refractivity contribution in [3.8, 4) is 0 Å². The van der Waals surface area contributed by atoms with E-state index >= 15 is 0 Å². The Kier molecular flexibility index (Phi) is 50.3. The van der Waals surface area contributed by atoms with Gasteiger partial charge >= 0.3 is 17.9 Å². The predicted molar refractivity (Wildman–Crippen MR) is 270 cm³/mol. The molecular formula is C57H104O6. The standard InChI is InChI=1S/C57H104O6/c1-4-7-10-13-16-19-22-25-27-28-29-30-33-35-38-41-44-47-50-56(59)62-53-54(52-61-55(58)49-46-43-40-37-34-31-24-21-18-15-12-9-6-3)63-57(60)51-48-45-42-39-36-32-26-23-20-17-14-11-8-5-2/h21,23-24,26-28,54H,4-20,22,25,29-53H2,1-3H3/b24-21-,26-23-,28-27-. The molecule has 0 bridgehead atoms. The first-order valence-corrected chi connectivity index (χ1v) is 27.5. The van der Waals surface area contributed by atoms with Crippen molar-refractivity contribution in [2.45, 2.75) is 297 Å². The third kappa shape index (κ3) is 50.5. The van der Waals surface area contributed by atoms with Gasteiger partial charge in [-0.15, -0.1) is 0 Å². The van der Waals surface area contributed by atoms with E-state index in [1.807, 2.05) is 0 Å². The van der Waals surface area contributed by atoms with E-state index < -0.39 is 6.10 Å². The van der Waals surface area contributed by atoms with Gasteiger partial charge in [0.1, 0.15) is 13.2 Å². The molecule has 0 aliphatic heterocycles. The molecule has 6 heteroatoms. The lowest BCUT2D eigenvalue weighted by Gasteiger charge is -2.18. The number of unbranched alkanes of at least 4 members (excludes halogenated alkanes) is 33. The fourth-order valence-corrected chi connectivity index (χ4v) is 7.90. The quantitative estimate of drug-likeness (QED) is 0.0262. The monoisotopic (exact) mass is 885 g/mol. The van der Waals surface area contributed by atoms with E-state index in [1.54, 1.807) is 0 Å². The average molecular weight is 885 g/mol. The van der Waals surface area contributed by atoms with Crippen LogP contribution in [0.2, 0.25) is 0 Å². The summed E-state index contributed by atoms with van der Waals surface area (Å²) >= 11 is 0. The Labute approximate surface area is 391 Å². The summed E-state index contributed by atoms with van der Waals surface area (Å²) in [5.41, 5.74) is 0. The molecule has 0 aliphatic carbocycles. The summed E-state index contributed by atoms with van der Waals surface area (Å²) in [6.45, 7) is 6.62. The van der Waals surface area contributed by atoms with Crippen LogP contribution in [0.15, 0.2) is 36.5 Å². The topological polar surface area (TPSA) is 78.9 Å². The van der Waals surface area contributed by atoms with Crippen LogP contribution in [0.4, 0.5) is 0 Å². The first kappa shape index (κ1) is 60.6. The van der Waals surface area contributed by atoms with Crippen LogP contribution >= 0.6 is 0 Å². The van der Waals surface area contributed by atoms with Crippen molar-refractivity contribution in [1.29, 1.82) is 0 Å². The molecule has 0 fully saturated rings. The lowest BCUT2D eigenvalue weighted by molar-refractivity contribution is -0.167. The molecule has 0 N–H and O–H groups in total. The van der Waals surface area contributed by atoms with Gasteiger partial charge in [0.25, 0.3) is 0 Å². The molecule has 1 unspecified atom stereocenters. The zero-order valence-corrected chi connectivity index (χ0v) is 42.1. The molecule has 1 atom stereocenters.